The lowest BCUT2D eigenvalue weighted by atomic mass is 10.1. The molecule has 1 N–H and O–H groups in total. The van der Waals surface area contributed by atoms with Gasteiger partial charge < -0.3 is 0 Å². The monoisotopic (exact) mass is 321 g/mol. The summed E-state index contributed by atoms with van der Waals surface area (Å²) in [5.41, 5.74) is 1.68. The minimum atomic E-state index is -3.85. The van der Waals surface area contributed by atoms with Crippen molar-refractivity contribution in [3.05, 3.63) is 58.9 Å². The highest BCUT2D eigenvalue weighted by Crippen LogP contribution is 2.22. The number of nitrogens with one attached hydrogen (secondary N) is 1. The van der Waals surface area contributed by atoms with Gasteiger partial charge in [0.05, 0.1) is 10.6 Å². The predicted octanol–water partition coefficient (Wildman–Crippen LogP) is 3.45. The fourth-order valence-corrected chi connectivity index (χ4v) is 3.15. The molecule has 2 aromatic carbocycles. The predicted molar refractivity (Wildman–Crippen MR) is 83.1 cm³/mol. The molecule has 0 aliphatic heterocycles. The Morgan fingerprint density at radius 2 is 1.73 bits per heavy atom. The molecule has 0 saturated heterocycles. The molecule has 0 saturated carbocycles. The van der Waals surface area contributed by atoms with Crippen molar-refractivity contribution < 1.29 is 17.6 Å². The summed E-state index contributed by atoms with van der Waals surface area (Å²) in [5.74, 6) is -0.619. The number of halogens is 1. The van der Waals surface area contributed by atoms with Gasteiger partial charge >= 0.3 is 0 Å². The Kier molecular flexibility index (Phi) is 4.32. The Hall–Kier alpha value is -2.21. The van der Waals surface area contributed by atoms with Gasteiger partial charge in [0.2, 0.25) is 0 Å². The SMILES string of the molecule is CC(=O)c1ccc(C)c(NS(=O)(=O)c2ccc(F)c(C)c2)c1. The van der Waals surface area contributed by atoms with Gasteiger partial charge in [-0.3, -0.25) is 9.52 Å². The van der Waals surface area contributed by atoms with Gasteiger partial charge in [0.1, 0.15) is 5.82 Å². The van der Waals surface area contributed by atoms with Gasteiger partial charge in [-0.15, -0.1) is 0 Å². The van der Waals surface area contributed by atoms with Crippen molar-refractivity contribution in [3.63, 3.8) is 0 Å². The van der Waals surface area contributed by atoms with Crippen molar-refractivity contribution in [1.82, 2.24) is 0 Å². The highest BCUT2D eigenvalue weighted by atomic mass is 32.2. The zero-order valence-corrected chi connectivity index (χ0v) is 13.3. The van der Waals surface area contributed by atoms with Gasteiger partial charge in [-0.2, -0.15) is 0 Å². The number of rotatable bonds is 4. The number of carbonyl (C=O) groups excluding carboxylic acids is 1. The highest BCUT2D eigenvalue weighted by molar-refractivity contribution is 7.92. The second-order valence-corrected chi connectivity index (χ2v) is 6.78. The Morgan fingerprint density at radius 1 is 1.05 bits per heavy atom. The molecule has 0 unspecified atom stereocenters. The summed E-state index contributed by atoms with van der Waals surface area (Å²) in [4.78, 5) is 11.4. The van der Waals surface area contributed by atoms with Gasteiger partial charge in [-0.05, 0) is 56.2 Å². The van der Waals surface area contributed by atoms with E-state index in [0.29, 0.717) is 16.8 Å². The number of sulfonamides is 1. The standard InChI is InChI=1S/C16H16FNO3S/c1-10-4-5-13(12(3)19)9-16(10)18-22(20,21)14-6-7-15(17)11(2)8-14/h4-9,18H,1-3H3. The van der Waals surface area contributed by atoms with Crippen LogP contribution in [-0.2, 0) is 10.0 Å². The average molecular weight is 321 g/mol. The maximum Gasteiger partial charge on any atom is 0.261 e. The van der Waals surface area contributed by atoms with Crippen LogP contribution in [0.25, 0.3) is 0 Å². The lowest BCUT2D eigenvalue weighted by Gasteiger charge is -2.12. The highest BCUT2D eigenvalue weighted by Gasteiger charge is 2.17. The van der Waals surface area contributed by atoms with E-state index < -0.39 is 15.8 Å². The van der Waals surface area contributed by atoms with Crippen LogP contribution in [0.3, 0.4) is 0 Å². The summed E-state index contributed by atoms with van der Waals surface area (Å²) in [5, 5.41) is 0. The fraction of sp³-hybridized carbons (Fsp3) is 0.188. The van der Waals surface area contributed by atoms with Gasteiger partial charge in [-0.1, -0.05) is 12.1 Å². The summed E-state index contributed by atoms with van der Waals surface area (Å²) in [6.07, 6.45) is 0. The largest absolute Gasteiger partial charge is 0.295 e. The van der Waals surface area contributed by atoms with E-state index in [2.05, 4.69) is 4.72 Å². The summed E-state index contributed by atoms with van der Waals surface area (Å²) in [6, 6.07) is 8.38. The molecule has 0 atom stereocenters. The third kappa shape index (κ3) is 3.33. The van der Waals surface area contributed by atoms with E-state index in [1.807, 2.05) is 0 Å². The first-order chi connectivity index (χ1) is 10.2. The van der Waals surface area contributed by atoms with Crippen molar-refractivity contribution in [2.75, 3.05) is 4.72 Å². The minimum absolute atomic E-state index is 0.0287. The topological polar surface area (TPSA) is 63.2 Å². The molecule has 0 radical (unpaired) electrons. The van der Waals surface area contributed by atoms with Crippen LogP contribution in [-0.4, -0.2) is 14.2 Å². The first kappa shape index (κ1) is 16.2. The molecule has 0 spiro atoms. The van der Waals surface area contributed by atoms with Crippen LogP contribution in [0.5, 0.6) is 0 Å². The van der Waals surface area contributed by atoms with E-state index in [-0.39, 0.29) is 16.2 Å². The van der Waals surface area contributed by atoms with Crippen LogP contribution < -0.4 is 4.72 Å². The van der Waals surface area contributed by atoms with Crippen molar-refractivity contribution >= 4 is 21.5 Å². The molecule has 6 heteroatoms. The summed E-state index contributed by atoms with van der Waals surface area (Å²) in [7, 11) is -3.85. The van der Waals surface area contributed by atoms with Crippen molar-refractivity contribution in [3.8, 4) is 0 Å². The average Bonchev–Trinajstić information content (AvgIpc) is 2.43. The zero-order chi connectivity index (χ0) is 16.5. The maximum atomic E-state index is 13.3. The van der Waals surface area contributed by atoms with E-state index in [0.717, 1.165) is 6.07 Å². The van der Waals surface area contributed by atoms with Crippen LogP contribution in [0, 0.1) is 19.7 Å². The van der Waals surface area contributed by atoms with Crippen LogP contribution in [0.1, 0.15) is 28.4 Å². The normalized spacial score (nSPS) is 11.3. The van der Waals surface area contributed by atoms with Gasteiger partial charge in [-0.25, -0.2) is 12.8 Å². The molecule has 0 bridgehead atoms. The first-order valence-corrected chi connectivity index (χ1v) is 8.09. The number of hydrogen-bond acceptors (Lipinski definition) is 3. The molecule has 0 aliphatic rings. The quantitative estimate of drug-likeness (QED) is 0.877. The molecule has 0 fully saturated rings. The number of benzene rings is 2. The van der Waals surface area contributed by atoms with Gasteiger partial charge in [0, 0.05) is 5.56 Å². The Morgan fingerprint density at radius 3 is 2.32 bits per heavy atom. The minimum Gasteiger partial charge on any atom is -0.295 e. The number of ketones is 1. The number of anilines is 1. The molecular weight excluding hydrogens is 305 g/mol. The maximum absolute atomic E-state index is 13.3. The van der Waals surface area contributed by atoms with Gasteiger partial charge in [0.15, 0.2) is 5.78 Å². The smallest absolute Gasteiger partial charge is 0.261 e. The van der Waals surface area contributed by atoms with Crippen molar-refractivity contribution in [1.29, 1.82) is 0 Å². The Labute approximate surface area is 129 Å². The van der Waals surface area contributed by atoms with E-state index in [1.165, 1.54) is 32.0 Å². The molecule has 0 aromatic heterocycles. The molecule has 2 aromatic rings. The van der Waals surface area contributed by atoms with Crippen LogP contribution in [0.15, 0.2) is 41.3 Å². The van der Waals surface area contributed by atoms with E-state index in [1.54, 1.807) is 19.1 Å². The molecular formula is C16H16FNO3S. The molecule has 4 nitrogen and oxygen atoms in total. The van der Waals surface area contributed by atoms with E-state index in [4.69, 9.17) is 0 Å². The molecule has 2 rings (SSSR count). The van der Waals surface area contributed by atoms with Gasteiger partial charge in [0.25, 0.3) is 10.0 Å². The van der Waals surface area contributed by atoms with Crippen LogP contribution >= 0.6 is 0 Å². The molecule has 116 valence electrons. The number of Topliss-reactive ketones (excluding diaryl/α,β-unsaturated/α-hetero) is 1. The third-order valence-electron chi connectivity index (χ3n) is 3.33. The van der Waals surface area contributed by atoms with Crippen LogP contribution in [0.4, 0.5) is 10.1 Å². The van der Waals surface area contributed by atoms with Crippen molar-refractivity contribution in [2.45, 2.75) is 25.7 Å². The van der Waals surface area contributed by atoms with Crippen LogP contribution in [0.2, 0.25) is 0 Å². The van der Waals surface area contributed by atoms with Crippen molar-refractivity contribution in [2.24, 2.45) is 0 Å². The molecule has 0 aliphatic carbocycles. The number of carbonyl (C=O) groups is 1. The summed E-state index contributed by atoms with van der Waals surface area (Å²) in [6.45, 7) is 4.64. The van der Waals surface area contributed by atoms with E-state index in [9.17, 15) is 17.6 Å². The molecule has 0 amide bonds. The second kappa shape index (κ2) is 5.88. The zero-order valence-electron chi connectivity index (χ0n) is 12.5. The molecule has 22 heavy (non-hydrogen) atoms. The Bertz CT molecular complexity index is 844. The second-order valence-electron chi connectivity index (χ2n) is 5.10. The summed E-state index contributed by atoms with van der Waals surface area (Å²) >= 11 is 0. The number of hydrogen-bond donors (Lipinski definition) is 1. The van der Waals surface area contributed by atoms with E-state index >= 15 is 0 Å². The summed E-state index contributed by atoms with van der Waals surface area (Å²) < 4.78 is 40.5. The Balaban J connectivity index is 2.42. The first-order valence-electron chi connectivity index (χ1n) is 6.61. The molecule has 0 heterocycles. The third-order valence-corrected chi connectivity index (χ3v) is 4.69. The number of aryl methyl sites for hydroxylation is 2. The lowest BCUT2D eigenvalue weighted by Crippen LogP contribution is -2.14. The fourth-order valence-electron chi connectivity index (χ4n) is 1.94. The lowest BCUT2D eigenvalue weighted by molar-refractivity contribution is 0.101.